The number of hydrogen-bond donors (Lipinski definition) is 1. The summed E-state index contributed by atoms with van der Waals surface area (Å²) in [5.41, 5.74) is 1.60. The highest BCUT2D eigenvalue weighted by molar-refractivity contribution is 5.89. The predicted molar refractivity (Wildman–Crippen MR) is 76.3 cm³/mol. The maximum Gasteiger partial charge on any atom is 0.338 e. The molecule has 19 heavy (non-hydrogen) atoms. The van der Waals surface area contributed by atoms with Crippen LogP contribution in [-0.2, 0) is 4.74 Å². The Labute approximate surface area is 113 Å². The van der Waals surface area contributed by atoms with E-state index in [9.17, 15) is 4.79 Å². The zero-order valence-corrected chi connectivity index (χ0v) is 10.9. The van der Waals surface area contributed by atoms with Crippen molar-refractivity contribution in [2.45, 2.75) is 13.0 Å². The molecule has 0 saturated heterocycles. The molecule has 98 valence electrons. The molecule has 0 radical (unpaired) electrons. The lowest BCUT2D eigenvalue weighted by molar-refractivity contribution is 0.0366. The highest BCUT2D eigenvalue weighted by Crippen LogP contribution is 2.07. The average Bonchev–Trinajstić information content (AvgIpc) is 2.47. The Bertz CT molecular complexity index is 511. The molecule has 3 heteroatoms. The van der Waals surface area contributed by atoms with Crippen LogP contribution in [0.25, 0.3) is 0 Å². The van der Waals surface area contributed by atoms with Crippen molar-refractivity contribution in [1.82, 2.24) is 0 Å². The second kappa shape index (κ2) is 6.59. The molecule has 0 aliphatic heterocycles. The van der Waals surface area contributed by atoms with Gasteiger partial charge in [-0.25, -0.2) is 4.79 Å². The third-order valence-corrected chi connectivity index (χ3v) is 2.69. The summed E-state index contributed by atoms with van der Waals surface area (Å²) in [6.07, 6.45) is -0.187. The van der Waals surface area contributed by atoms with Gasteiger partial charge in [-0.1, -0.05) is 36.4 Å². The number of rotatable bonds is 5. The fraction of sp³-hybridized carbons (Fsp3) is 0.188. The molecule has 0 bridgehead atoms. The van der Waals surface area contributed by atoms with Crippen LogP contribution in [0.1, 0.15) is 17.3 Å². The zero-order valence-electron chi connectivity index (χ0n) is 10.9. The van der Waals surface area contributed by atoms with Crippen LogP contribution in [0.3, 0.4) is 0 Å². The predicted octanol–water partition coefficient (Wildman–Crippen LogP) is 3.34. The van der Waals surface area contributed by atoms with Gasteiger partial charge in [0, 0.05) is 5.69 Å². The fourth-order valence-electron chi connectivity index (χ4n) is 1.68. The maximum atomic E-state index is 11.8. The van der Waals surface area contributed by atoms with E-state index in [1.807, 2.05) is 55.5 Å². The van der Waals surface area contributed by atoms with E-state index >= 15 is 0 Å². The third-order valence-electron chi connectivity index (χ3n) is 2.69. The number of para-hydroxylation sites is 1. The number of benzene rings is 2. The standard InChI is InChI=1S/C16H17NO2/c1-13(12-17-15-10-6-3-7-11-15)19-16(18)14-8-4-2-5-9-14/h2-11,13,17H,12H2,1H3. The SMILES string of the molecule is CC(CNc1ccccc1)OC(=O)c1ccccc1. The van der Waals surface area contributed by atoms with Crippen LogP contribution in [-0.4, -0.2) is 18.6 Å². The van der Waals surface area contributed by atoms with E-state index in [0.717, 1.165) is 5.69 Å². The highest BCUT2D eigenvalue weighted by atomic mass is 16.5. The molecule has 0 aliphatic rings. The van der Waals surface area contributed by atoms with Gasteiger partial charge in [0.1, 0.15) is 6.10 Å². The summed E-state index contributed by atoms with van der Waals surface area (Å²) in [5.74, 6) is -0.289. The lowest BCUT2D eigenvalue weighted by Gasteiger charge is -2.14. The van der Waals surface area contributed by atoms with Gasteiger partial charge in [0.05, 0.1) is 12.1 Å². The van der Waals surface area contributed by atoms with Crippen LogP contribution in [0, 0.1) is 0 Å². The molecule has 2 aromatic rings. The van der Waals surface area contributed by atoms with Gasteiger partial charge in [0.2, 0.25) is 0 Å². The van der Waals surface area contributed by atoms with Gasteiger partial charge < -0.3 is 10.1 Å². The third kappa shape index (κ3) is 4.14. The number of ether oxygens (including phenoxy) is 1. The molecule has 0 aliphatic carbocycles. The molecule has 0 fully saturated rings. The Balaban J connectivity index is 1.81. The van der Waals surface area contributed by atoms with Gasteiger partial charge >= 0.3 is 5.97 Å². The Kier molecular flexibility index (Phi) is 4.56. The summed E-state index contributed by atoms with van der Waals surface area (Å²) in [6.45, 7) is 2.46. The first kappa shape index (κ1) is 13.1. The van der Waals surface area contributed by atoms with E-state index in [1.54, 1.807) is 12.1 Å². The molecule has 2 rings (SSSR count). The molecular weight excluding hydrogens is 238 g/mol. The summed E-state index contributed by atoms with van der Waals surface area (Å²) in [6, 6.07) is 18.9. The van der Waals surface area contributed by atoms with Crippen molar-refractivity contribution in [1.29, 1.82) is 0 Å². The van der Waals surface area contributed by atoms with E-state index in [0.29, 0.717) is 12.1 Å². The Hall–Kier alpha value is -2.29. The highest BCUT2D eigenvalue weighted by Gasteiger charge is 2.11. The van der Waals surface area contributed by atoms with Gasteiger partial charge in [-0.3, -0.25) is 0 Å². The van der Waals surface area contributed by atoms with Crippen molar-refractivity contribution in [2.75, 3.05) is 11.9 Å². The molecule has 0 aromatic heterocycles. The zero-order chi connectivity index (χ0) is 13.5. The molecule has 0 spiro atoms. The molecule has 0 saturated carbocycles. The summed E-state index contributed by atoms with van der Waals surface area (Å²) in [5, 5.41) is 3.22. The van der Waals surface area contributed by atoms with Gasteiger partial charge in [0.25, 0.3) is 0 Å². The molecule has 1 unspecified atom stereocenters. The molecular formula is C16H17NO2. The molecule has 2 aromatic carbocycles. The van der Waals surface area contributed by atoms with Crippen LogP contribution < -0.4 is 5.32 Å². The fourth-order valence-corrected chi connectivity index (χ4v) is 1.68. The van der Waals surface area contributed by atoms with Crippen molar-refractivity contribution >= 4 is 11.7 Å². The van der Waals surface area contributed by atoms with Crippen LogP contribution in [0.2, 0.25) is 0 Å². The Morgan fingerprint density at radius 1 is 1.05 bits per heavy atom. The van der Waals surface area contributed by atoms with E-state index in [2.05, 4.69) is 5.32 Å². The van der Waals surface area contributed by atoms with Crippen LogP contribution in [0.5, 0.6) is 0 Å². The van der Waals surface area contributed by atoms with Crippen LogP contribution in [0.4, 0.5) is 5.69 Å². The lowest BCUT2D eigenvalue weighted by Crippen LogP contribution is -2.23. The van der Waals surface area contributed by atoms with E-state index in [-0.39, 0.29) is 12.1 Å². The number of nitrogens with one attached hydrogen (secondary N) is 1. The average molecular weight is 255 g/mol. The van der Waals surface area contributed by atoms with Gasteiger partial charge in [-0.05, 0) is 31.2 Å². The number of hydrogen-bond acceptors (Lipinski definition) is 3. The van der Waals surface area contributed by atoms with Crippen molar-refractivity contribution in [2.24, 2.45) is 0 Å². The molecule has 1 atom stereocenters. The minimum atomic E-state index is -0.289. The Morgan fingerprint density at radius 2 is 1.63 bits per heavy atom. The molecule has 0 heterocycles. The maximum absolute atomic E-state index is 11.8. The van der Waals surface area contributed by atoms with Crippen molar-refractivity contribution in [3.8, 4) is 0 Å². The summed E-state index contributed by atoms with van der Waals surface area (Å²) in [4.78, 5) is 11.8. The van der Waals surface area contributed by atoms with Crippen molar-refractivity contribution in [3.05, 3.63) is 66.2 Å². The number of esters is 1. The second-order valence-electron chi connectivity index (χ2n) is 4.33. The molecule has 3 nitrogen and oxygen atoms in total. The Morgan fingerprint density at radius 3 is 2.26 bits per heavy atom. The quantitative estimate of drug-likeness (QED) is 0.833. The van der Waals surface area contributed by atoms with Gasteiger partial charge in [0.15, 0.2) is 0 Å². The first-order valence-corrected chi connectivity index (χ1v) is 6.30. The van der Waals surface area contributed by atoms with E-state index < -0.39 is 0 Å². The first-order valence-electron chi connectivity index (χ1n) is 6.30. The van der Waals surface area contributed by atoms with Crippen LogP contribution >= 0.6 is 0 Å². The van der Waals surface area contributed by atoms with Gasteiger partial charge in [-0.15, -0.1) is 0 Å². The lowest BCUT2D eigenvalue weighted by atomic mass is 10.2. The first-order chi connectivity index (χ1) is 9.25. The smallest absolute Gasteiger partial charge is 0.338 e. The topological polar surface area (TPSA) is 38.3 Å². The summed E-state index contributed by atoms with van der Waals surface area (Å²) in [7, 11) is 0. The van der Waals surface area contributed by atoms with Crippen molar-refractivity contribution < 1.29 is 9.53 Å². The van der Waals surface area contributed by atoms with Crippen LogP contribution in [0.15, 0.2) is 60.7 Å². The minimum absolute atomic E-state index is 0.187. The monoisotopic (exact) mass is 255 g/mol. The number of carbonyl (C=O) groups is 1. The largest absolute Gasteiger partial charge is 0.457 e. The number of carbonyl (C=O) groups excluding carboxylic acids is 1. The summed E-state index contributed by atoms with van der Waals surface area (Å²) < 4.78 is 5.36. The minimum Gasteiger partial charge on any atom is -0.457 e. The normalized spacial score (nSPS) is 11.6. The summed E-state index contributed by atoms with van der Waals surface area (Å²) >= 11 is 0. The van der Waals surface area contributed by atoms with Crippen molar-refractivity contribution in [3.63, 3.8) is 0 Å². The molecule has 1 N–H and O–H groups in total. The second-order valence-corrected chi connectivity index (χ2v) is 4.33. The van der Waals surface area contributed by atoms with Gasteiger partial charge in [-0.2, -0.15) is 0 Å². The number of anilines is 1. The van der Waals surface area contributed by atoms with E-state index in [1.165, 1.54) is 0 Å². The molecule has 0 amide bonds. The van der Waals surface area contributed by atoms with E-state index in [4.69, 9.17) is 4.74 Å².